The minimum Gasteiger partial charge on any atom is -0.379 e. The van der Waals surface area contributed by atoms with Crippen LogP contribution in [0.3, 0.4) is 0 Å². The van der Waals surface area contributed by atoms with Gasteiger partial charge in [-0.15, -0.1) is 0 Å². The largest absolute Gasteiger partial charge is 0.379 e. The first kappa shape index (κ1) is 16.5. The maximum atomic E-state index is 5.53. The Kier molecular flexibility index (Phi) is 9.26. The van der Waals surface area contributed by atoms with Crippen molar-refractivity contribution in [3.63, 3.8) is 0 Å². The van der Waals surface area contributed by atoms with E-state index in [1.165, 1.54) is 5.56 Å². The summed E-state index contributed by atoms with van der Waals surface area (Å²) < 4.78 is 11.0. The smallest absolute Gasteiger partial charge is 0.190 e. The quantitative estimate of drug-likeness (QED) is 0.408. The van der Waals surface area contributed by atoms with E-state index in [1.807, 2.05) is 25.2 Å². The van der Waals surface area contributed by atoms with Crippen molar-refractivity contribution >= 4 is 5.96 Å². The fraction of sp³-hybridized carbons (Fsp3) is 0.533. The van der Waals surface area contributed by atoms with E-state index in [9.17, 15) is 0 Å². The third-order valence-electron chi connectivity index (χ3n) is 2.70. The second-order valence-electron chi connectivity index (χ2n) is 4.25. The van der Waals surface area contributed by atoms with Gasteiger partial charge in [0.25, 0.3) is 0 Å². The summed E-state index contributed by atoms with van der Waals surface area (Å²) >= 11 is 0. The molecule has 0 aromatic heterocycles. The number of hydrogen-bond acceptors (Lipinski definition) is 3. The average Bonchev–Trinajstić information content (AvgIpc) is 2.50. The summed E-state index contributed by atoms with van der Waals surface area (Å²) in [6, 6.07) is 10.1. The minimum absolute atomic E-state index is 0.626. The van der Waals surface area contributed by atoms with Crippen LogP contribution in [0.4, 0.5) is 0 Å². The van der Waals surface area contributed by atoms with Crippen molar-refractivity contribution in [2.24, 2.45) is 4.99 Å². The molecule has 112 valence electrons. The molecular weight excluding hydrogens is 254 g/mol. The third-order valence-corrected chi connectivity index (χ3v) is 2.70. The molecule has 0 fully saturated rings. The standard InChI is InChI=1S/C15H25N3O2/c1-16-15(17-2)18-9-6-10-19-11-12-20-13-14-7-4-3-5-8-14/h3-5,7-8H,6,9-13H2,1-2H3,(H2,16,17,18). The first-order valence-corrected chi connectivity index (χ1v) is 6.94. The topological polar surface area (TPSA) is 54.9 Å². The van der Waals surface area contributed by atoms with Crippen molar-refractivity contribution in [1.29, 1.82) is 0 Å². The van der Waals surface area contributed by atoms with Crippen LogP contribution in [0.2, 0.25) is 0 Å². The van der Waals surface area contributed by atoms with Gasteiger partial charge in [0.2, 0.25) is 0 Å². The number of aliphatic imine (C=N–C) groups is 1. The number of benzene rings is 1. The number of nitrogens with zero attached hydrogens (tertiary/aromatic N) is 1. The van der Waals surface area contributed by atoms with Gasteiger partial charge in [-0.2, -0.15) is 0 Å². The predicted molar refractivity (Wildman–Crippen MR) is 82.0 cm³/mol. The molecule has 1 aromatic rings. The van der Waals surface area contributed by atoms with Crippen LogP contribution < -0.4 is 10.6 Å². The summed E-state index contributed by atoms with van der Waals surface area (Å²) in [5.74, 6) is 0.802. The van der Waals surface area contributed by atoms with Crippen LogP contribution in [0.1, 0.15) is 12.0 Å². The highest BCUT2D eigenvalue weighted by atomic mass is 16.5. The Hall–Kier alpha value is -1.59. The molecule has 5 nitrogen and oxygen atoms in total. The Morgan fingerprint density at radius 2 is 1.85 bits per heavy atom. The molecule has 20 heavy (non-hydrogen) atoms. The van der Waals surface area contributed by atoms with Gasteiger partial charge in [-0.25, -0.2) is 0 Å². The van der Waals surface area contributed by atoms with E-state index in [2.05, 4.69) is 27.8 Å². The van der Waals surface area contributed by atoms with E-state index >= 15 is 0 Å². The van der Waals surface area contributed by atoms with E-state index in [-0.39, 0.29) is 0 Å². The van der Waals surface area contributed by atoms with Crippen LogP contribution in [0.25, 0.3) is 0 Å². The molecule has 1 rings (SSSR count). The monoisotopic (exact) mass is 279 g/mol. The molecule has 0 amide bonds. The zero-order chi connectivity index (χ0) is 14.5. The van der Waals surface area contributed by atoms with Gasteiger partial charge in [-0.05, 0) is 12.0 Å². The first-order chi connectivity index (χ1) is 9.86. The van der Waals surface area contributed by atoms with E-state index < -0.39 is 0 Å². The lowest BCUT2D eigenvalue weighted by molar-refractivity contribution is 0.0401. The number of guanidine groups is 1. The molecule has 2 N–H and O–H groups in total. The molecule has 0 atom stereocenters. The SMILES string of the molecule is CN=C(NC)NCCCOCCOCc1ccccc1. The van der Waals surface area contributed by atoms with Crippen LogP contribution in [0, 0.1) is 0 Å². The van der Waals surface area contributed by atoms with Gasteiger partial charge in [0.05, 0.1) is 19.8 Å². The second-order valence-corrected chi connectivity index (χ2v) is 4.25. The Balaban J connectivity index is 1.88. The van der Waals surface area contributed by atoms with Gasteiger partial charge in [-0.3, -0.25) is 4.99 Å². The van der Waals surface area contributed by atoms with Gasteiger partial charge in [-0.1, -0.05) is 30.3 Å². The summed E-state index contributed by atoms with van der Waals surface area (Å²) in [6.07, 6.45) is 0.944. The molecule has 5 heteroatoms. The van der Waals surface area contributed by atoms with Crippen molar-refractivity contribution in [3.8, 4) is 0 Å². The lowest BCUT2D eigenvalue weighted by Crippen LogP contribution is -2.35. The molecule has 0 aliphatic heterocycles. The van der Waals surface area contributed by atoms with Gasteiger partial charge in [0, 0.05) is 27.2 Å². The van der Waals surface area contributed by atoms with Crippen molar-refractivity contribution in [2.75, 3.05) is 40.5 Å². The Morgan fingerprint density at radius 1 is 1.10 bits per heavy atom. The molecule has 0 radical (unpaired) electrons. The van der Waals surface area contributed by atoms with Crippen LogP contribution in [-0.2, 0) is 16.1 Å². The molecule has 0 unspecified atom stereocenters. The van der Waals surface area contributed by atoms with Gasteiger partial charge >= 0.3 is 0 Å². The van der Waals surface area contributed by atoms with Crippen molar-refractivity contribution in [2.45, 2.75) is 13.0 Å². The molecular formula is C15H25N3O2. The van der Waals surface area contributed by atoms with E-state index in [4.69, 9.17) is 9.47 Å². The molecule has 1 aromatic carbocycles. The fourth-order valence-corrected chi connectivity index (χ4v) is 1.64. The Labute approximate surface area is 121 Å². The maximum absolute atomic E-state index is 5.53. The first-order valence-electron chi connectivity index (χ1n) is 6.94. The van der Waals surface area contributed by atoms with Crippen molar-refractivity contribution < 1.29 is 9.47 Å². The van der Waals surface area contributed by atoms with Gasteiger partial charge in [0.1, 0.15) is 0 Å². The van der Waals surface area contributed by atoms with Crippen LogP contribution in [-0.4, -0.2) is 46.4 Å². The number of ether oxygens (including phenoxy) is 2. The van der Waals surface area contributed by atoms with E-state index in [1.54, 1.807) is 7.05 Å². The van der Waals surface area contributed by atoms with Crippen molar-refractivity contribution in [3.05, 3.63) is 35.9 Å². The molecule has 0 aliphatic rings. The van der Waals surface area contributed by atoms with Gasteiger partial charge < -0.3 is 20.1 Å². The van der Waals surface area contributed by atoms with E-state index in [0.29, 0.717) is 19.8 Å². The number of hydrogen-bond donors (Lipinski definition) is 2. The lowest BCUT2D eigenvalue weighted by atomic mass is 10.2. The Bertz CT molecular complexity index is 369. The predicted octanol–water partition coefficient (Wildman–Crippen LogP) is 1.40. The number of rotatable bonds is 9. The van der Waals surface area contributed by atoms with E-state index in [0.717, 1.165) is 25.5 Å². The fourth-order valence-electron chi connectivity index (χ4n) is 1.64. The molecule has 0 saturated carbocycles. The minimum atomic E-state index is 0.626. The second kappa shape index (κ2) is 11.3. The molecule has 0 bridgehead atoms. The Morgan fingerprint density at radius 3 is 2.55 bits per heavy atom. The molecule has 0 saturated heterocycles. The average molecular weight is 279 g/mol. The zero-order valence-electron chi connectivity index (χ0n) is 12.4. The third kappa shape index (κ3) is 7.76. The zero-order valence-corrected chi connectivity index (χ0v) is 12.4. The van der Waals surface area contributed by atoms with Crippen LogP contribution in [0.15, 0.2) is 35.3 Å². The van der Waals surface area contributed by atoms with Crippen molar-refractivity contribution in [1.82, 2.24) is 10.6 Å². The van der Waals surface area contributed by atoms with Gasteiger partial charge in [0.15, 0.2) is 5.96 Å². The molecule has 0 heterocycles. The highest BCUT2D eigenvalue weighted by molar-refractivity contribution is 5.79. The van der Waals surface area contributed by atoms with Crippen LogP contribution in [0.5, 0.6) is 0 Å². The maximum Gasteiger partial charge on any atom is 0.190 e. The summed E-state index contributed by atoms with van der Waals surface area (Å²) in [6.45, 7) is 3.47. The van der Waals surface area contributed by atoms with Crippen LogP contribution >= 0.6 is 0 Å². The summed E-state index contributed by atoms with van der Waals surface area (Å²) in [5, 5.41) is 6.13. The molecule has 0 aliphatic carbocycles. The number of nitrogens with one attached hydrogen (secondary N) is 2. The summed E-state index contributed by atoms with van der Waals surface area (Å²) in [5.41, 5.74) is 1.19. The highest BCUT2D eigenvalue weighted by Gasteiger charge is 1.94. The summed E-state index contributed by atoms with van der Waals surface area (Å²) in [4.78, 5) is 4.03. The molecule has 0 spiro atoms. The lowest BCUT2D eigenvalue weighted by Gasteiger charge is -2.09. The summed E-state index contributed by atoms with van der Waals surface area (Å²) in [7, 11) is 3.59. The highest BCUT2D eigenvalue weighted by Crippen LogP contribution is 1.99. The normalized spacial score (nSPS) is 11.4.